The van der Waals surface area contributed by atoms with Crippen LogP contribution in [0.4, 0.5) is 11.8 Å². The van der Waals surface area contributed by atoms with Crippen LogP contribution in [0.3, 0.4) is 0 Å². The van der Waals surface area contributed by atoms with Gasteiger partial charge in [-0.2, -0.15) is 9.61 Å². The van der Waals surface area contributed by atoms with Gasteiger partial charge in [-0.05, 0) is 32.4 Å². The van der Waals surface area contributed by atoms with Crippen LogP contribution in [-0.2, 0) is 0 Å². The summed E-state index contributed by atoms with van der Waals surface area (Å²) in [7, 11) is 0. The van der Waals surface area contributed by atoms with Crippen LogP contribution in [0, 0.1) is 20.8 Å². The van der Waals surface area contributed by atoms with Gasteiger partial charge < -0.3 is 9.80 Å². The van der Waals surface area contributed by atoms with E-state index in [9.17, 15) is 0 Å². The van der Waals surface area contributed by atoms with E-state index < -0.39 is 0 Å². The maximum atomic E-state index is 4.79. The summed E-state index contributed by atoms with van der Waals surface area (Å²) >= 11 is 0. The lowest BCUT2D eigenvalue weighted by Crippen LogP contribution is -2.47. The van der Waals surface area contributed by atoms with Gasteiger partial charge >= 0.3 is 0 Å². The summed E-state index contributed by atoms with van der Waals surface area (Å²) in [6.07, 6.45) is 1.92. The van der Waals surface area contributed by atoms with E-state index in [-0.39, 0.29) is 0 Å². The van der Waals surface area contributed by atoms with Crippen LogP contribution < -0.4 is 9.80 Å². The molecule has 1 aliphatic rings. The van der Waals surface area contributed by atoms with Crippen molar-refractivity contribution in [2.24, 2.45) is 0 Å². The number of piperazine rings is 1. The Kier molecular flexibility index (Phi) is 4.58. The second-order valence-electron chi connectivity index (χ2n) is 7.84. The van der Waals surface area contributed by atoms with Crippen LogP contribution in [0.15, 0.2) is 48.7 Å². The Hall–Kier alpha value is -3.48. The first-order valence-electron chi connectivity index (χ1n) is 10.3. The quantitative estimate of drug-likeness (QED) is 0.526. The number of nitrogens with zero attached hydrogens (tertiary/aromatic N) is 7. The van der Waals surface area contributed by atoms with E-state index in [2.05, 4.69) is 43.1 Å². The minimum Gasteiger partial charge on any atom is -0.353 e. The summed E-state index contributed by atoms with van der Waals surface area (Å²) in [4.78, 5) is 18.7. The third-order valence-corrected chi connectivity index (χ3v) is 5.52. The summed E-state index contributed by atoms with van der Waals surface area (Å²) < 4.78 is 1.97. The number of aryl methyl sites for hydroxylation is 3. The first kappa shape index (κ1) is 18.5. The fraction of sp³-hybridized carbons (Fsp3) is 0.304. The van der Waals surface area contributed by atoms with Gasteiger partial charge in [-0.15, -0.1) is 0 Å². The molecule has 0 unspecified atom stereocenters. The maximum absolute atomic E-state index is 4.79. The van der Waals surface area contributed by atoms with Gasteiger partial charge in [0.15, 0.2) is 5.65 Å². The topological polar surface area (TPSA) is 62.5 Å². The number of fused-ring (bicyclic) bond motifs is 1. The Balaban J connectivity index is 1.44. The molecule has 0 saturated carbocycles. The lowest BCUT2D eigenvalue weighted by Gasteiger charge is -2.36. The number of hydrogen-bond acceptors (Lipinski definition) is 6. The van der Waals surface area contributed by atoms with Crippen LogP contribution in [0.2, 0.25) is 0 Å². The first-order valence-corrected chi connectivity index (χ1v) is 10.3. The standard InChI is InChI=1S/C23H25N7/c1-16-13-17(2)27-23(26-16)29-11-9-28(10-12-29)21-14-18(3)25-22-20(15-24-30(21)22)19-7-5-4-6-8-19/h4-8,13-15H,9-12H2,1-3H3. The van der Waals surface area contributed by atoms with Crippen molar-refractivity contribution in [1.29, 1.82) is 0 Å². The van der Waals surface area contributed by atoms with Crippen molar-refractivity contribution in [3.63, 3.8) is 0 Å². The molecule has 152 valence electrons. The normalized spacial score (nSPS) is 14.5. The number of aromatic nitrogens is 5. The molecule has 1 saturated heterocycles. The molecule has 5 rings (SSSR count). The summed E-state index contributed by atoms with van der Waals surface area (Å²) in [6, 6.07) is 14.5. The van der Waals surface area contributed by atoms with E-state index in [0.29, 0.717) is 0 Å². The van der Waals surface area contributed by atoms with Gasteiger partial charge in [0.05, 0.1) is 6.20 Å². The molecule has 0 N–H and O–H groups in total. The first-order chi connectivity index (χ1) is 14.6. The Morgan fingerprint density at radius 3 is 2.07 bits per heavy atom. The predicted molar refractivity (Wildman–Crippen MR) is 119 cm³/mol. The van der Waals surface area contributed by atoms with Gasteiger partial charge in [0.1, 0.15) is 5.82 Å². The largest absolute Gasteiger partial charge is 0.353 e. The summed E-state index contributed by atoms with van der Waals surface area (Å²) in [5.74, 6) is 1.91. The number of benzene rings is 1. The molecule has 1 aliphatic heterocycles. The lowest BCUT2D eigenvalue weighted by molar-refractivity contribution is 0.625. The average molecular weight is 400 g/mol. The number of rotatable bonds is 3. The molecule has 0 amide bonds. The molecule has 0 radical (unpaired) electrons. The molecular weight excluding hydrogens is 374 g/mol. The van der Waals surface area contributed by atoms with E-state index in [1.165, 1.54) is 0 Å². The molecule has 0 atom stereocenters. The highest BCUT2D eigenvalue weighted by atomic mass is 15.4. The lowest BCUT2D eigenvalue weighted by atomic mass is 10.1. The highest BCUT2D eigenvalue weighted by Crippen LogP contribution is 2.27. The molecule has 4 aromatic rings. The van der Waals surface area contributed by atoms with Crippen molar-refractivity contribution in [2.45, 2.75) is 20.8 Å². The SMILES string of the molecule is Cc1cc(C)nc(N2CCN(c3cc(C)nc4c(-c5ccccc5)cnn34)CC2)n1. The Labute approximate surface area is 176 Å². The smallest absolute Gasteiger partial charge is 0.225 e. The molecule has 0 aliphatic carbocycles. The molecular formula is C23H25N7. The number of anilines is 2. The van der Waals surface area contributed by atoms with Gasteiger partial charge in [-0.3, -0.25) is 0 Å². The van der Waals surface area contributed by atoms with Crippen molar-refractivity contribution in [3.8, 4) is 11.1 Å². The third kappa shape index (κ3) is 3.36. The van der Waals surface area contributed by atoms with Crippen LogP contribution >= 0.6 is 0 Å². The molecule has 30 heavy (non-hydrogen) atoms. The highest BCUT2D eigenvalue weighted by molar-refractivity contribution is 5.78. The van der Waals surface area contributed by atoms with Gasteiger partial charge in [0.2, 0.25) is 5.95 Å². The molecule has 3 aromatic heterocycles. The van der Waals surface area contributed by atoms with Crippen molar-refractivity contribution in [1.82, 2.24) is 24.6 Å². The zero-order valence-corrected chi connectivity index (χ0v) is 17.6. The average Bonchev–Trinajstić information content (AvgIpc) is 3.17. The zero-order valence-electron chi connectivity index (χ0n) is 17.6. The second kappa shape index (κ2) is 7.40. The Morgan fingerprint density at radius 1 is 0.733 bits per heavy atom. The van der Waals surface area contributed by atoms with Crippen LogP contribution in [-0.4, -0.2) is 50.7 Å². The van der Waals surface area contributed by atoms with E-state index in [4.69, 9.17) is 4.98 Å². The van der Waals surface area contributed by atoms with E-state index in [0.717, 1.165) is 71.8 Å². The molecule has 0 spiro atoms. The van der Waals surface area contributed by atoms with Crippen LogP contribution in [0.25, 0.3) is 16.8 Å². The second-order valence-corrected chi connectivity index (χ2v) is 7.84. The Morgan fingerprint density at radius 2 is 1.37 bits per heavy atom. The van der Waals surface area contributed by atoms with Gasteiger partial charge in [0.25, 0.3) is 0 Å². The Bertz CT molecular complexity index is 1170. The van der Waals surface area contributed by atoms with Gasteiger partial charge in [-0.25, -0.2) is 15.0 Å². The maximum Gasteiger partial charge on any atom is 0.225 e. The van der Waals surface area contributed by atoms with Gasteiger partial charge in [-0.1, -0.05) is 30.3 Å². The van der Waals surface area contributed by atoms with Gasteiger partial charge in [0, 0.05) is 54.9 Å². The molecule has 4 heterocycles. The molecule has 1 aromatic carbocycles. The van der Waals surface area contributed by atoms with Crippen molar-refractivity contribution >= 4 is 17.4 Å². The molecule has 7 nitrogen and oxygen atoms in total. The van der Waals surface area contributed by atoms with Crippen molar-refractivity contribution in [3.05, 3.63) is 65.7 Å². The van der Waals surface area contributed by atoms with Crippen molar-refractivity contribution < 1.29 is 0 Å². The van der Waals surface area contributed by atoms with E-state index >= 15 is 0 Å². The van der Waals surface area contributed by atoms with E-state index in [1.807, 2.05) is 55.7 Å². The van der Waals surface area contributed by atoms with Crippen LogP contribution in [0.5, 0.6) is 0 Å². The summed E-state index contributed by atoms with van der Waals surface area (Å²) in [6.45, 7) is 9.60. The third-order valence-electron chi connectivity index (χ3n) is 5.52. The van der Waals surface area contributed by atoms with Crippen LogP contribution in [0.1, 0.15) is 17.1 Å². The molecule has 7 heteroatoms. The molecule has 1 fully saturated rings. The van der Waals surface area contributed by atoms with E-state index in [1.54, 1.807) is 0 Å². The minimum atomic E-state index is 0.827. The van der Waals surface area contributed by atoms with Crippen molar-refractivity contribution in [2.75, 3.05) is 36.0 Å². The fourth-order valence-electron chi connectivity index (χ4n) is 4.10. The monoisotopic (exact) mass is 399 g/mol. The highest BCUT2D eigenvalue weighted by Gasteiger charge is 2.23. The molecule has 0 bridgehead atoms. The minimum absolute atomic E-state index is 0.827. The summed E-state index contributed by atoms with van der Waals surface area (Å²) in [5.41, 5.74) is 6.11. The zero-order chi connectivity index (χ0) is 20.7. The fourth-order valence-corrected chi connectivity index (χ4v) is 4.10. The number of hydrogen-bond donors (Lipinski definition) is 0. The summed E-state index contributed by atoms with van der Waals surface area (Å²) in [5, 5.41) is 4.69. The predicted octanol–water partition coefficient (Wildman–Crippen LogP) is 3.44.